The molecule has 2 heterocycles. The number of hydrogen-bond donors (Lipinski definition) is 0. The Morgan fingerprint density at radius 3 is 2.14 bits per heavy atom. The zero-order valence-corrected chi connectivity index (χ0v) is 20.7. The summed E-state index contributed by atoms with van der Waals surface area (Å²) in [5.74, 6) is 1.71. The molecule has 1 aliphatic heterocycles. The molecule has 4 rings (SSSR count). The van der Waals surface area contributed by atoms with E-state index >= 15 is 0 Å². The fourth-order valence-corrected chi connectivity index (χ4v) is 4.48. The van der Waals surface area contributed by atoms with Gasteiger partial charge in [0.15, 0.2) is 17.3 Å². The third kappa shape index (κ3) is 4.36. The Labute approximate surface area is 206 Å². The minimum absolute atomic E-state index is 0.0404. The second-order valence-electron chi connectivity index (χ2n) is 7.42. The maximum absolute atomic E-state index is 13.0. The van der Waals surface area contributed by atoms with Crippen LogP contribution >= 0.6 is 11.8 Å². The molecule has 0 bridgehead atoms. The minimum atomic E-state index is -0.341. The number of fused-ring (bicyclic) bond motifs is 1. The van der Waals surface area contributed by atoms with Crippen LogP contribution < -0.4 is 24.0 Å². The molecular formula is C24H23N5O5S. The van der Waals surface area contributed by atoms with E-state index in [9.17, 15) is 10.1 Å². The van der Waals surface area contributed by atoms with Crippen molar-refractivity contribution in [2.24, 2.45) is 0 Å². The molecule has 0 saturated heterocycles. The number of methoxy groups -OCH3 is 3. The van der Waals surface area contributed by atoms with Crippen molar-refractivity contribution in [2.45, 2.75) is 5.22 Å². The van der Waals surface area contributed by atoms with Gasteiger partial charge in [0.2, 0.25) is 11.6 Å². The third-order valence-corrected chi connectivity index (χ3v) is 6.32. The first-order chi connectivity index (χ1) is 16.9. The summed E-state index contributed by atoms with van der Waals surface area (Å²) in [5, 5.41) is 18.1. The molecule has 2 aromatic carbocycles. The van der Waals surface area contributed by atoms with Crippen LogP contribution in [0.2, 0.25) is 0 Å². The number of hydrogen-bond acceptors (Lipinski definition) is 11. The molecule has 0 atom stereocenters. The molecule has 3 aromatic rings. The molecule has 0 N–H and O–H groups in total. The van der Waals surface area contributed by atoms with Crippen LogP contribution in [0.15, 0.2) is 57.4 Å². The van der Waals surface area contributed by atoms with Crippen molar-refractivity contribution in [3.8, 4) is 34.8 Å². The Balaban J connectivity index is 1.53. The summed E-state index contributed by atoms with van der Waals surface area (Å²) >= 11 is 1.06. The Bertz CT molecular complexity index is 1290. The van der Waals surface area contributed by atoms with Crippen molar-refractivity contribution < 1.29 is 23.4 Å². The summed E-state index contributed by atoms with van der Waals surface area (Å²) in [4.78, 5) is 16.7. The van der Waals surface area contributed by atoms with Crippen molar-refractivity contribution in [2.75, 3.05) is 51.0 Å². The first kappa shape index (κ1) is 24.0. The molecule has 35 heavy (non-hydrogen) atoms. The van der Waals surface area contributed by atoms with Gasteiger partial charge >= 0.3 is 0 Å². The van der Waals surface area contributed by atoms with Crippen LogP contribution in [0, 0.1) is 11.3 Å². The number of ketones is 1. The van der Waals surface area contributed by atoms with E-state index in [0.717, 1.165) is 23.1 Å². The fourth-order valence-electron chi connectivity index (χ4n) is 3.85. The lowest BCUT2D eigenvalue weighted by atomic mass is 10.2. The number of nitrogens with zero attached hydrogens (tertiary/aromatic N) is 5. The smallest absolute Gasteiger partial charge is 0.277 e. The van der Waals surface area contributed by atoms with Gasteiger partial charge in [0.25, 0.3) is 5.22 Å². The van der Waals surface area contributed by atoms with Gasteiger partial charge in [-0.15, -0.1) is 10.2 Å². The van der Waals surface area contributed by atoms with Crippen molar-refractivity contribution in [3.63, 3.8) is 0 Å². The van der Waals surface area contributed by atoms with Gasteiger partial charge in [0.1, 0.15) is 17.5 Å². The highest BCUT2D eigenvalue weighted by Gasteiger charge is 2.31. The largest absolute Gasteiger partial charge is 0.493 e. The maximum atomic E-state index is 13.0. The number of benzene rings is 2. The molecule has 0 aliphatic carbocycles. The van der Waals surface area contributed by atoms with Crippen LogP contribution in [-0.4, -0.2) is 57.2 Å². The minimum Gasteiger partial charge on any atom is -0.493 e. The molecule has 0 spiro atoms. The van der Waals surface area contributed by atoms with Gasteiger partial charge in [-0.05, 0) is 24.3 Å². The lowest BCUT2D eigenvalue weighted by Crippen LogP contribution is -2.26. The second-order valence-corrected chi connectivity index (χ2v) is 8.34. The normalized spacial score (nSPS) is 12.3. The van der Waals surface area contributed by atoms with Crippen molar-refractivity contribution in [1.29, 1.82) is 5.26 Å². The molecule has 11 heteroatoms. The number of rotatable bonds is 8. The standard InChI is InChI=1S/C24H23N5O5S/c1-28-16-8-6-7-9-17(16)29(2)23(28)15(12-25)18(30)13-35-24-27-26-22(34-24)14-10-19(31-3)21(33-5)20(11-14)32-4/h6-11H,13H2,1-5H3. The van der Waals surface area contributed by atoms with E-state index in [0.29, 0.717) is 28.6 Å². The predicted molar refractivity (Wildman–Crippen MR) is 131 cm³/mol. The summed E-state index contributed by atoms with van der Waals surface area (Å²) in [5.41, 5.74) is 2.47. The number of ether oxygens (including phenoxy) is 3. The van der Waals surface area contributed by atoms with Gasteiger partial charge in [-0.3, -0.25) is 4.79 Å². The maximum Gasteiger partial charge on any atom is 0.277 e. The quantitative estimate of drug-likeness (QED) is 0.260. The Hall–Kier alpha value is -4.17. The highest BCUT2D eigenvalue weighted by molar-refractivity contribution is 7.99. The monoisotopic (exact) mass is 493 g/mol. The van der Waals surface area contributed by atoms with Crippen LogP contribution in [0.5, 0.6) is 17.2 Å². The Morgan fingerprint density at radius 2 is 1.63 bits per heavy atom. The fraction of sp³-hybridized carbons (Fsp3) is 0.250. The molecular weight excluding hydrogens is 470 g/mol. The number of nitriles is 1. The highest BCUT2D eigenvalue weighted by Crippen LogP contribution is 2.42. The molecule has 0 saturated carbocycles. The SMILES string of the molecule is COc1cc(-c2nnc(SCC(=O)C(C#N)=C3N(C)c4ccccc4N3C)o2)cc(OC)c1OC. The van der Waals surface area contributed by atoms with Gasteiger partial charge in [-0.2, -0.15) is 5.26 Å². The zero-order chi connectivity index (χ0) is 25.1. The highest BCUT2D eigenvalue weighted by atomic mass is 32.2. The number of Topliss-reactive ketones (excluding diaryl/α,β-unsaturated/α-hetero) is 1. The van der Waals surface area contributed by atoms with Crippen molar-refractivity contribution >= 4 is 28.9 Å². The summed E-state index contributed by atoms with van der Waals surface area (Å²) < 4.78 is 21.8. The average molecular weight is 494 g/mol. The van der Waals surface area contributed by atoms with Crippen LogP contribution in [-0.2, 0) is 4.79 Å². The van der Waals surface area contributed by atoms with E-state index in [1.54, 1.807) is 12.1 Å². The number of thioether (sulfide) groups is 1. The topological polar surface area (TPSA) is 114 Å². The second kappa shape index (κ2) is 9.99. The van der Waals surface area contributed by atoms with E-state index in [2.05, 4.69) is 16.3 Å². The molecule has 10 nitrogen and oxygen atoms in total. The lowest BCUT2D eigenvalue weighted by molar-refractivity contribution is -0.112. The van der Waals surface area contributed by atoms with E-state index in [1.165, 1.54) is 21.3 Å². The summed E-state index contributed by atoms with van der Waals surface area (Å²) in [6.45, 7) is 0. The molecule has 0 amide bonds. The molecule has 0 radical (unpaired) electrons. The van der Waals surface area contributed by atoms with Crippen molar-refractivity contribution in [3.05, 3.63) is 47.8 Å². The van der Waals surface area contributed by atoms with E-state index in [4.69, 9.17) is 18.6 Å². The number of carbonyl (C=O) groups excluding carboxylic acids is 1. The van der Waals surface area contributed by atoms with Gasteiger partial charge in [-0.1, -0.05) is 23.9 Å². The van der Waals surface area contributed by atoms with E-state index in [1.807, 2.05) is 48.2 Å². The first-order valence-electron chi connectivity index (χ1n) is 10.4. The number of anilines is 2. The van der Waals surface area contributed by atoms with E-state index < -0.39 is 0 Å². The number of allylic oxidation sites excluding steroid dienone is 1. The molecule has 180 valence electrons. The summed E-state index contributed by atoms with van der Waals surface area (Å²) in [6.07, 6.45) is 0. The van der Waals surface area contributed by atoms with Crippen LogP contribution in [0.25, 0.3) is 11.5 Å². The Morgan fingerprint density at radius 1 is 1.03 bits per heavy atom. The first-order valence-corrected chi connectivity index (χ1v) is 11.4. The van der Waals surface area contributed by atoms with Crippen LogP contribution in [0.1, 0.15) is 0 Å². The molecule has 0 fully saturated rings. The van der Waals surface area contributed by atoms with Gasteiger partial charge in [-0.25, -0.2) is 0 Å². The Kier molecular flexibility index (Phi) is 6.84. The lowest BCUT2D eigenvalue weighted by Gasteiger charge is -2.19. The predicted octanol–water partition coefficient (Wildman–Crippen LogP) is 3.74. The number of carbonyl (C=O) groups is 1. The van der Waals surface area contributed by atoms with Gasteiger partial charge < -0.3 is 28.4 Å². The van der Waals surface area contributed by atoms with E-state index in [-0.39, 0.29) is 28.2 Å². The van der Waals surface area contributed by atoms with Crippen molar-refractivity contribution in [1.82, 2.24) is 10.2 Å². The van der Waals surface area contributed by atoms with Crippen LogP contribution in [0.4, 0.5) is 11.4 Å². The van der Waals surface area contributed by atoms with Crippen LogP contribution in [0.3, 0.4) is 0 Å². The average Bonchev–Trinajstić information content (AvgIpc) is 3.46. The number of aromatic nitrogens is 2. The summed E-state index contributed by atoms with van der Waals surface area (Å²) in [6, 6.07) is 13.2. The van der Waals surface area contributed by atoms with Gasteiger partial charge in [0, 0.05) is 19.7 Å². The van der Waals surface area contributed by atoms with Gasteiger partial charge in [0.05, 0.1) is 38.5 Å². The number of para-hydroxylation sites is 2. The molecule has 1 aliphatic rings. The zero-order valence-electron chi connectivity index (χ0n) is 19.9. The summed E-state index contributed by atoms with van der Waals surface area (Å²) in [7, 11) is 8.21. The molecule has 0 unspecified atom stereocenters. The molecule has 1 aromatic heterocycles. The third-order valence-electron chi connectivity index (χ3n) is 5.50.